The fraction of sp³-hybridized carbons (Fsp3) is 0.462. The Balaban J connectivity index is 2.65. The highest BCUT2D eigenvalue weighted by Crippen LogP contribution is 2.43. The van der Waals surface area contributed by atoms with E-state index in [2.05, 4.69) is 0 Å². The molecule has 0 aromatic heterocycles. The molecule has 0 aliphatic carbocycles. The molecule has 86 valence electrons. The van der Waals surface area contributed by atoms with Gasteiger partial charge in [0.25, 0.3) is 0 Å². The Morgan fingerprint density at radius 3 is 2.50 bits per heavy atom. The van der Waals surface area contributed by atoms with E-state index in [0.717, 1.165) is 11.3 Å². The van der Waals surface area contributed by atoms with E-state index in [-0.39, 0.29) is 11.9 Å². The van der Waals surface area contributed by atoms with Crippen LogP contribution in [0.25, 0.3) is 0 Å². The molecule has 1 aromatic carbocycles. The Bertz CT molecular complexity index is 449. The van der Waals surface area contributed by atoms with Gasteiger partial charge in [0.15, 0.2) is 0 Å². The first kappa shape index (κ1) is 11.0. The molecule has 0 radical (unpaired) electrons. The van der Waals surface area contributed by atoms with Crippen LogP contribution < -0.4 is 10.6 Å². The van der Waals surface area contributed by atoms with Crippen molar-refractivity contribution in [3.05, 3.63) is 23.8 Å². The van der Waals surface area contributed by atoms with E-state index in [9.17, 15) is 4.79 Å². The van der Waals surface area contributed by atoms with Gasteiger partial charge in [-0.15, -0.1) is 0 Å². The standard InChI is InChI=1S/C13H18N2O/c1-8(2)15-11-6-5-9(14)7-10(11)13(3,4)12(15)16/h5-8H,14H2,1-4H3. The number of carbonyl (C=O) groups is 1. The van der Waals surface area contributed by atoms with E-state index in [1.165, 1.54) is 0 Å². The molecule has 1 amide bonds. The highest BCUT2D eigenvalue weighted by Gasteiger charge is 2.44. The number of amides is 1. The minimum atomic E-state index is -0.463. The van der Waals surface area contributed by atoms with E-state index in [0.29, 0.717) is 5.69 Å². The molecule has 0 fully saturated rings. The fourth-order valence-corrected chi connectivity index (χ4v) is 2.30. The largest absolute Gasteiger partial charge is 0.399 e. The lowest BCUT2D eigenvalue weighted by Crippen LogP contribution is -2.40. The lowest BCUT2D eigenvalue weighted by Gasteiger charge is -2.24. The summed E-state index contributed by atoms with van der Waals surface area (Å²) >= 11 is 0. The summed E-state index contributed by atoms with van der Waals surface area (Å²) in [6.07, 6.45) is 0. The number of anilines is 2. The molecule has 1 aromatic rings. The quantitative estimate of drug-likeness (QED) is 0.735. The van der Waals surface area contributed by atoms with E-state index < -0.39 is 5.41 Å². The Kier molecular flexibility index (Phi) is 2.22. The molecule has 2 rings (SSSR count). The average Bonchev–Trinajstić information content (AvgIpc) is 2.37. The zero-order valence-corrected chi connectivity index (χ0v) is 10.2. The molecule has 0 saturated heterocycles. The van der Waals surface area contributed by atoms with Crippen LogP contribution in [0.1, 0.15) is 33.3 Å². The first-order valence-corrected chi connectivity index (χ1v) is 5.59. The second-order valence-electron chi connectivity index (χ2n) is 5.17. The number of nitrogens with zero attached hydrogens (tertiary/aromatic N) is 1. The normalized spacial score (nSPS) is 18.1. The molecule has 0 atom stereocenters. The van der Waals surface area contributed by atoms with Gasteiger partial charge in [-0.05, 0) is 51.5 Å². The molecule has 0 unspecified atom stereocenters. The monoisotopic (exact) mass is 218 g/mol. The molecule has 16 heavy (non-hydrogen) atoms. The van der Waals surface area contributed by atoms with Gasteiger partial charge in [0.05, 0.1) is 5.41 Å². The molecule has 2 N–H and O–H groups in total. The topological polar surface area (TPSA) is 46.3 Å². The summed E-state index contributed by atoms with van der Waals surface area (Å²) in [6, 6.07) is 5.88. The minimum Gasteiger partial charge on any atom is -0.399 e. The van der Waals surface area contributed by atoms with Crippen LogP contribution in [0.4, 0.5) is 11.4 Å². The maximum atomic E-state index is 12.3. The van der Waals surface area contributed by atoms with Gasteiger partial charge in [0.2, 0.25) is 5.91 Å². The van der Waals surface area contributed by atoms with Crippen LogP contribution >= 0.6 is 0 Å². The predicted octanol–water partition coefficient (Wildman–Crippen LogP) is 2.30. The lowest BCUT2D eigenvalue weighted by molar-refractivity contribution is -0.122. The third kappa shape index (κ3) is 1.31. The van der Waals surface area contributed by atoms with Crippen LogP contribution in [-0.2, 0) is 10.2 Å². The van der Waals surface area contributed by atoms with Crippen molar-refractivity contribution in [3.63, 3.8) is 0 Å². The van der Waals surface area contributed by atoms with Gasteiger partial charge in [-0.1, -0.05) is 0 Å². The van der Waals surface area contributed by atoms with Crippen LogP contribution in [-0.4, -0.2) is 11.9 Å². The number of nitrogen functional groups attached to an aromatic ring is 1. The van der Waals surface area contributed by atoms with Gasteiger partial charge < -0.3 is 10.6 Å². The number of carbonyl (C=O) groups excluding carboxylic acids is 1. The summed E-state index contributed by atoms with van der Waals surface area (Å²) in [5.41, 5.74) is 8.07. The molecular weight excluding hydrogens is 200 g/mol. The molecule has 1 heterocycles. The van der Waals surface area contributed by atoms with Crippen LogP contribution in [0.5, 0.6) is 0 Å². The average molecular weight is 218 g/mol. The van der Waals surface area contributed by atoms with Crippen LogP contribution in [0.15, 0.2) is 18.2 Å². The molecular formula is C13H18N2O. The second kappa shape index (κ2) is 3.24. The molecule has 1 aliphatic rings. The Labute approximate surface area is 96.2 Å². The van der Waals surface area contributed by atoms with Gasteiger partial charge >= 0.3 is 0 Å². The number of rotatable bonds is 1. The van der Waals surface area contributed by atoms with Crippen molar-refractivity contribution in [2.75, 3.05) is 10.6 Å². The van der Waals surface area contributed by atoms with Crippen molar-refractivity contribution in [1.82, 2.24) is 0 Å². The van der Waals surface area contributed by atoms with E-state index >= 15 is 0 Å². The Hall–Kier alpha value is -1.51. The molecule has 0 spiro atoms. The number of benzene rings is 1. The maximum absolute atomic E-state index is 12.3. The predicted molar refractivity (Wildman–Crippen MR) is 66.5 cm³/mol. The van der Waals surface area contributed by atoms with Crippen molar-refractivity contribution < 1.29 is 4.79 Å². The fourth-order valence-electron chi connectivity index (χ4n) is 2.30. The van der Waals surface area contributed by atoms with Crippen LogP contribution in [0.3, 0.4) is 0 Å². The minimum absolute atomic E-state index is 0.156. The van der Waals surface area contributed by atoms with Crippen molar-refractivity contribution in [2.24, 2.45) is 0 Å². The summed E-state index contributed by atoms with van der Waals surface area (Å²) in [6.45, 7) is 7.96. The van der Waals surface area contributed by atoms with E-state index in [1.54, 1.807) is 0 Å². The van der Waals surface area contributed by atoms with Crippen molar-refractivity contribution in [3.8, 4) is 0 Å². The molecule has 3 heteroatoms. The smallest absolute Gasteiger partial charge is 0.237 e. The molecule has 1 aliphatic heterocycles. The zero-order valence-electron chi connectivity index (χ0n) is 10.2. The summed E-state index contributed by atoms with van der Waals surface area (Å²) < 4.78 is 0. The number of hydrogen-bond donors (Lipinski definition) is 1. The first-order valence-electron chi connectivity index (χ1n) is 5.59. The van der Waals surface area contributed by atoms with Gasteiger partial charge in [0, 0.05) is 17.4 Å². The number of nitrogens with two attached hydrogens (primary N) is 1. The van der Waals surface area contributed by atoms with Crippen LogP contribution in [0.2, 0.25) is 0 Å². The third-order valence-electron chi connectivity index (χ3n) is 3.22. The van der Waals surface area contributed by atoms with Crippen molar-refractivity contribution >= 4 is 17.3 Å². The van der Waals surface area contributed by atoms with Gasteiger partial charge in [0.1, 0.15) is 0 Å². The number of hydrogen-bond acceptors (Lipinski definition) is 2. The van der Waals surface area contributed by atoms with Gasteiger partial charge in [-0.2, -0.15) is 0 Å². The Morgan fingerprint density at radius 1 is 1.31 bits per heavy atom. The third-order valence-corrected chi connectivity index (χ3v) is 3.22. The maximum Gasteiger partial charge on any atom is 0.237 e. The molecule has 3 nitrogen and oxygen atoms in total. The first-order chi connectivity index (χ1) is 7.35. The molecule has 0 saturated carbocycles. The lowest BCUT2D eigenvalue weighted by atomic mass is 9.86. The van der Waals surface area contributed by atoms with Crippen molar-refractivity contribution in [2.45, 2.75) is 39.2 Å². The van der Waals surface area contributed by atoms with Crippen molar-refractivity contribution in [1.29, 1.82) is 0 Å². The van der Waals surface area contributed by atoms with Gasteiger partial charge in [-0.3, -0.25) is 4.79 Å². The summed E-state index contributed by atoms with van der Waals surface area (Å²) in [7, 11) is 0. The van der Waals surface area contributed by atoms with Gasteiger partial charge in [-0.25, -0.2) is 0 Å². The molecule has 0 bridgehead atoms. The Morgan fingerprint density at radius 2 is 1.94 bits per heavy atom. The van der Waals surface area contributed by atoms with E-state index in [4.69, 9.17) is 5.73 Å². The summed E-state index contributed by atoms with van der Waals surface area (Å²) in [5, 5.41) is 0. The number of fused-ring (bicyclic) bond motifs is 1. The zero-order chi connectivity index (χ0) is 12.1. The highest BCUT2D eigenvalue weighted by molar-refractivity contribution is 6.08. The van der Waals surface area contributed by atoms with E-state index in [1.807, 2.05) is 50.8 Å². The highest BCUT2D eigenvalue weighted by atomic mass is 16.2. The van der Waals surface area contributed by atoms with Crippen LogP contribution in [0, 0.1) is 0 Å². The second-order valence-corrected chi connectivity index (χ2v) is 5.17. The summed E-state index contributed by atoms with van der Waals surface area (Å²) in [4.78, 5) is 14.2. The SMILES string of the molecule is CC(C)N1C(=O)C(C)(C)c2cc(N)ccc21. The summed E-state index contributed by atoms with van der Waals surface area (Å²) in [5.74, 6) is 0.156.